The van der Waals surface area contributed by atoms with Gasteiger partial charge in [-0.2, -0.15) is 0 Å². The van der Waals surface area contributed by atoms with Crippen LogP contribution in [0.25, 0.3) is 21.3 Å². The minimum Gasteiger partial charge on any atom is -0.462 e. The average Bonchev–Trinajstić information content (AvgIpc) is 3.73. The Bertz CT molecular complexity index is 1660. The third-order valence-electron chi connectivity index (χ3n) is 13.7. The SMILES string of the molecule is CC(=O)O[C@H]1CC[C@@]2(C)C(=CC[C@H]3[C@@H]4C[C@@H]5O[C@H](CC[C@H](C)c6nnc(-c7cccc8ccccc78)s6)[C@@H](C)[C@@H]5[C@@]4(C)CC[C@@H]32)C1. The van der Waals surface area contributed by atoms with Gasteiger partial charge in [0.1, 0.15) is 16.1 Å². The monoisotopic (exact) mass is 638 g/mol. The van der Waals surface area contributed by atoms with E-state index >= 15 is 0 Å². The summed E-state index contributed by atoms with van der Waals surface area (Å²) in [4.78, 5) is 11.7. The number of esters is 1. The fourth-order valence-corrected chi connectivity index (χ4v) is 12.4. The number of nitrogens with zero attached hydrogens (tertiary/aromatic N) is 2. The maximum Gasteiger partial charge on any atom is 0.302 e. The van der Waals surface area contributed by atoms with Gasteiger partial charge in [0.25, 0.3) is 0 Å². The summed E-state index contributed by atoms with van der Waals surface area (Å²) in [6.07, 6.45) is 13.8. The summed E-state index contributed by atoms with van der Waals surface area (Å²) in [6.45, 7) is 11.5. The van der Waals surface area contributed by atoms with E-state index in [-0.39, 0.29) is 17.5 Å². The molecule has 3 saturated carbocycles. The van der Waals surface area contributed by atoms with Gasteiger partial charge in [-0.25, -0.2) is 0 Å². The Morgan fingerprint density at radius 1 is 1.09 bits per heavy atom. The van der Waals surface area contributed by atoms with Crippen molar-refractivity contribution in [3.05, 3.63) is 59.1 Å². The van der Waals surface area contributed by atoms with Crippen LogP contribution >= 0.6 is 11.3 Å². The van der Waals surface area contributed by atoms with Crippen LogP contribution in [0.1, 0.15) is 103 Å². The van der Waals surface area contributed by atoms with Gasteiger partial charge in [-0.15, -0.1) is 10.2 Å². The van der Waals surface area contributed by atoms with E-state index < -0.39 is 0 Å². The number of carbonyl (C=O) groups is 1. The number of allylic oxidation sites excluding steroid dienone is 1. The Hall–Kier alpha value is -2.57. The molecule has 2 heterocycles. The van der Waals surface area contributed by atoms with Crippen molar-refractivity contribution in [1.29, 1.82) is 0 Å². The Morgan fingerprint density at radius 3 is 2.76 bits per heavy atom. The van der Waals surface area contributed by atoms with Gasteiger partial charge in [0.05, 0.1) is 12.2 Å². The molecule has 0 spiro atoms. The van der Waals surface area contributed by atoms with Gasteiger partial charge < -0.3 is 9.47 Å². The van der Waals surface area contributed by atoms with Crippen LogP contribution in [0.4, 0.5) is 0 Å². The Labute approximate surface area is 278 Å². The lowest BCUT2D eigenvalue weighted by molar-refractivity contribution is -0.148. The number of carbonyl (C=O) groups excluding carboxylic acids is 1. The van der Waals surface area contributed by atoms with E-state index in [0.29, 0.717) is 35.4 Å². The van der Waals surface area contributed by atoms with Crippen molar-refractivity contribution in [2.45, 2.75) is 117 Å². The maximum absolute atomic E-state index is 11.7. The molecular weight excluding hydrogens is 589 g/mol. The van der Waals surface area contributed by atoms with E-state index in [4.69, 9.17) is 9.47 Å². The summed E-state index contributed by atoms with van der Waals surface area (Å²) < 4.78 is 12.7. The van der Waals surface area contributed by atoms with E-state index in [9.17, 15) is 4.79 Å². The van der Waals surface area contributed by atoms with Crippen molar-refractivity contribution in [3.8, 4) is 10.6 Å². The lowest BCUT2D eigenvalue weighted by Crippen LogP contribution is -2.51. The Kier molecular flexibility index (Phi) is 7.71. The van der Waals surface area contributed by atoms with Crippen molar-refractivity contribution in [3.63, 3.8) is 0 Å². The molecule has 0 bridgehead atoms. The van der Waals surface area contributed by atoms with E-state index in [1.54, 1.807) is 23.8 Å². The molecule has 244 valence electrons. The van der Waals surface area contributed by atoms with Crippen LogP contribution in [0, 0.1) is 40.4 Å². The Morgan fingerprint density at radius 2 is 1.91 bits per heavy atom. The summed E-state index contributed by atoms with van der Waals surface area (Å²) in [5.41, 5.74) is 3.39. The zero-order valence-corrected chi connectivity index (χ0v) is 29.0. The molecule has 6 heteroatoms. The van der Waals surface area contributed by atoms with Crippen LogP contribution in [-0.2, 0) is 14.3 Å². The lowest BCUT2D eigenvalue weighted by Gasteiger charge is -2.58. The highest BCUT2D eigenvalue weighted by Gasteiger charge is 2.65. The standard InChI is InChI=1S/C40H50N2O3S/c1-23(37-41-42-38(46-37)30-12-8-10-26-9-6-7-11-29(26)30)13-16-34-24(2)36-35(45-34)22-33-31-15-14-27-21-28(44-25(3)43)17-19-39(27,4)32(31)18-20-40(33,36)5/h6-12,14,23-24,28,31-36H,13,15-22H2,1-5H3/t23-,24+,28-,31+,32-,33-,34+,35-,36-,39-,40-/m0/s1. The second kappa shape index (κ2) is 11.5. The first-order valence-corrected chi connectivity index (χ1v) is 18.8. The van der Waals surface area contributed by atoms with Crippen LogP contribution in [-0.4, -0.2) is 34.5 Å². The molecule has 11 atom stereocenters. The van der Waals surface area contributed by atoms with E-state index in [2.05, 4.69) is 86.4 Å². The van der Waals surface area contributed by atoms with Gasteiger partial charge in [-0.05, 0) is 103 Å². The third-order valence-corrected chi connectivity index (χ3v) is 14.9. The largest absolute Gasteiger partial charge is 0.462 e. The predicted molar refractivity (Wildman–Crippen MR) is 184 cm³/mol. The van der Waals surface area contributed by atoms with Crippen LogP contribution in [0.2, 0.25) is 0 Å². The van der Waals surface area contributed by atoms with Gasteiger partial charge in [0.2, 0.25) is 0 Å². The minimum absolute atomic E-state index is 0.0695. The number of hydrogen-bond acceptors (Lipinski definition) is 6. The van der Waals surface area contributed by atoms with Crippen molar-refractivity contribution >= 4 is 28.1 Å². The quantitative estimate of drug-likeness (QED) is 0.199. The second-order valence-corrected chi connectivity index (χ2v) is 17.1. The molecule has 5 nitrogen and oxygen atoms in total. The highest BCUT2D eigenvalue weighted by molar-refractivity contribution is 7.14. The van der Waals surface area contributed by atoms with E-state index in [1.807, 2.05) is 0 Å². The highest BCUT2D eigenvalue weighted by Crippen LogP contribution is 2.69. The summed E-state index contributed by atoms with van der Waals surface area (Å²) in [5.74, 6) is 3.74. The molecule has 46 heavy (non-hydrogen) atoms. The molecule has 5 aliphatic rings. The first-order chi connectivity index (χ1) is 22.2. The first kappa shape index (κ1) is 30.7. The molecule has 1 saturated heterocycles. The maximum atomic E-state index is 11.7. The normalized spacial score (nSPS) is 38.8. The topological polar surface area (TPSA) is 61.3 Å². The Balaban J connectivity index is 0.924. The molecule has 3 aromatic rings. The molecule has 1 aliphatic heterocycles. The number of rotatable bonds is 6. The smallest absolute Gasteiger partial charge is 0.302 e. The van der Waals surface area contributed by atoms with Crippen molar-refractivity contribution in [2.24, 2.45) is 40.4 Å². The molecule has 0 unspecified atom stereocenters. The van der Waals surface area contributed by atoms with Crippen molar-refractivity contribution in [1.82, 2.24) is 10.2 Å². The molecular formula is C40H50N2O3S. The van der Waals surface area contributed by atoms with Crippen LogP contribution < -0.4 is 0 Å². The number of fused-ring (bicyclic) bond motifs is 8. The summed E-state index contributed by atoms with van der Waals surface area (Å²) in [7, 11) is 0. The van der Waals surface area contributed by atoms with E-state index in [1.165, 1.54) is 42.0 Å². The van der Waals surface area contributed by atoms with Crippen LogP contribution in [0.15, 0.2) is 54.1 Å². The number of benzene rings is 2. The van der Waals surface area contributed by atoms with Gasteiger partial charge in [-0.3, -0.25) is 4.79 Å². The highest BCUT2D eigenvalue weighted by atomic mass is 32.1. The molecule has 1 aromatic heterocycles. The molecule has 0 N–H and O–H groups in total. The predicted octanol–water partition coefficient (Wildman–Crippen LogP) is 9.77. The van der Waals surface area contributed by atoms with Gasteiger partial charge in [0, 0.05) is 24.8 Å². The van der Waals surface area contributed by atoms with Gasteiger partial charge >= 0.3 is 5.97 Å². The fourth-order valence-electron chi connectivity index (χ4n) is 11.5. The minimum atomic E-state index is -0.137. The summed E-state index contributed by atoms with van der Waals surface area (Å²) in [6, 6.07) is 15.0. The van der Waals surface area contributed by atoms with Gasteiger partial charge in [-0.1, -0.05) is 93.1 Å². The molecule has 0 radical (unpaired) electrons. The zero-order valence-electron chi connectivity index (χ0n) is 28.2. The third kappa shape index (κ3) is 4.91. The number of hydrogen-bond donors (Lipinski definition) is 0. The molecule has 2 aromatic carbocycles. The lowest BCUT2D eigenvalue weighted by atomic mass is 9.47. The summed E-state index contributed by atoms with van der Waals surface area (Å²) in [5, 5.41) is 14.0. The average molecular weight is 639 g/mol. The fraction of sp³-hybridized carbons (Fsp3) is 0.625. The zero-order chi connectivity index (χ0) is 31.8. The molecule has 8 rings (SSSR count). The van der Waals surface area contributed by atoms with Crippen LogP contribution in [0.3, 0.4) is 0 Å². The van der Waals surface area contributed by atoms with E-state index in [0.717, 1.165) is 59.9 Å². The number of aromatic nitrogens is 2. The first-order valence-electron chi connectivity index (χ1n) is 18.0. The molecule has 4 fully saturated rings. The second-order valence-electron chi connectivity index (χ2n) is 16.1. The summed E-state index contributed by atoms with van der Waals surface area (Å²) >= 11 is 1.75. The molecule has 4 aliphatic carbocycles. The number of ether oxygens (including phenoxy) is 2. The van der Waals surface area contributed by atoms with Crippen LogP contribution in [0.5, 0.6) is 0 Å². The molecule has 0 amide bonds. The van der Waals surface area contributed by atoms with Crippen molar-refractivity contribution in [2.75, 3.05) is 0 Å². The van der Waals surface area contributed by atoms with Crippen molar-refractivity contribution < 1.29 is 14.3 Å². The van der Waals surface area contributed by atoms with Gasteiger partial charge in [0.15, 0.2) is 0 Å².